The molecule has 0 aromatic rings. The van der Waals surface area contributed by atoms with Gasteiger partial charge in [0.05, 0.1) is 6.10 Å². The molecule has 0 saturated carbocycles. The highest BCUT2D eigenvalue weighted by Crippen LogP contribution is 2.08. The first-order chi connectivity index (χ1) is 11.7. The van der Waals surface area contributed by atoms with Gasteiger partial charge in [-0.1, -0.05) is 63.3 Å². The van der Waals surface area contributed by atoms with Crippen LogP contribution in [0.15, 0.2) is 24.3 Å². The summed E-state index contributed by atoms with van der Waals surface area (Å²) in [6.45, 7) is 3.96. The van der Waals surface area contributed by atoms with Gasteiger partial charge in [0.2, 0.25) is 0 Å². The number of allylic oxidation sites excluding steroid dienone is 4. The van der Waals surface area contributed by atoms with Gasteiger partial charge in [-0.05, 0) is 45.4 Å². The van der Waals surface area contributed by atoms with Crippen LogP contribution in [0.5, 0.6) is 0 Å². The quantitative estimate of drug-likeness (QED) is 0.222. The van der Waals surface area contributed by atoms with Gasteiger partial charge in [-0.3, -0.25) is 4.79 Å². The molecule has 140 valence electrons. The minimum Gasteiger partial charge on any atom is -0.463 e. The van der Waals surface area contributed by atoms with Gasteiger partial charge >= 0.3 is 5.97 Å². The molecule has 1 N–H and O–H groups in total. The minimum atomic E-state index is -0.571. The van der Waals surface area contributed by atoms with Crippen molar-refractivity contribution in [1.82, 2.24) is 0 Å². The summed E-state index contributed by atoms with van der Waals surface area (Å²) in [5.41, 5.74) is 0. The van der Waals surface area contributed by atoms with Crippen molar-refractivity contribution in [3.63, 3.8) is 0 Å². The van der Waals surface area contributed by atoms with Gasteiger partial charge in [0, 0.05) is 6.42 Å². The van der Waals surface area contributed by atoms with Crippen LogP contribution in [-0.4, -0.2) is 23.8 Å². The maximum atomic E-state index is 11.3. The molecule has 1 atom stereocenters. The Morgan fingerprint density at radius 2 is 1.50 bits per heavy atom. The number of unbranched alkanes of at least 4 members (excludes halogenated alkanes) is 8. The summed E-state index contributed by atoms with van der Waals surface area (Å²) >= 11 is 0. The zero-order chi connectivity index (χ0) is 17.9. The first-order valence-corrected chi connectivity index (χ1v) is 9.80. The number of aliphatic hydroxyl groups excluding tert-OH is 1. The number of rotatable bonds is 16. The van der Waals surface area contributed by atoms with Crippen LogP contribution in [0.4, 0.5) is 0 Å². The average molecular weight is 339 g/mol. The third-order valence-electron chi connectivity index (χ3n) is 3.82. The highest BCUT2D eigenvalue weighted by atomic mass is 16.5. The first kappa shape index (κ1) is 22.9. The van der Waals surface area contributed by atoms with Crippen molar-refractivity contribution < 1.29 is 14.6 Å². The highest BCUT2D eigenvalue weighted by Gasteiger charge is 2.04. The molecule has 0 aromatic heterocycles. The zero-order valence-electron chi connectivity index (χ0n) is 15.8. The average Bonchev–Trinajstić information content (AvgIpc) is 2.56. The lowest BCUT2D eigenvalue weighted by Crippen LogP contribution is -2.14. The molecule has 0 aliphatic carbocycles. The number of hydrogen-bond donors (Lipinski definition) is 1. The van der Waals surface area contributed by atoms with Crippen molar-refractivity contribution in [2.75, 3.05) is 6.61 Å². The second-order valence-electron chi connectivity index (χ2n) is 6.51. The van der Waals surface area contributed by atoms with E-state index < -0.39 is 6.10 Å². The monoisotopic (exact) mass is 338 g/mol. The van der Waals surface area contributed by atoms with E-state index in [1.165, 1.54) is 44.9 Å². The topological polar surface area (TPSA) is 46.5 Å². The van der Waals surface area contributed by atoms with E-state index in [9.17, 15) is 4.79 Å². The molecular formula is C21H38O3. The zero-order valence-corrected chi connectivity index (χ0v) is 15.8. The van der Waals surface area contributed by atoms with E-state index in [1.807, 2.05) is 0 Å². The maximum Gasteiger partial charge on any atom is 0.305 e. The van der Waals surface area contributed by atoms with E-state index in [1.54, 1.807) is 6.92 Å². The number of carbonyl (C=O) groups excluding carboxylic acids is 1. The van der Waals surface area contributed by atoms with Crippen LogP contribution < -0.4 is 0 Å². The van der Waals surface area contributed by atoms with Crippen LogP contribution in [0.25, 0.3) is 0 Å². The Morgan fingerprint density at radius 1 is 0.917 bits per heavy atom. The Labute approximate surface area is 149 Å². The van der Waals surface area contributed by atoms with Gasteiger partial charge < -0.3 is 9.84 Å². The predicted octanol–water partition coefficient (Wildman–Crippen LogP) is 5.72. The van der Waals surface area contributed by atoms with Crippen LogP contribution in [0.1, 0.15) is 90.9 Å². The number of esters is 1. The normalized spacial score (nSPS) is 13.0. The molecule has 3 heteroatoms. The van der Waals surface area contributed by atoms with E-state index >= 15 is 0 Å². The van der Waals surface area contributed by atoms with Gasteiger partial charge in [-0.25, -0.2) is 0 Å². The van der Waals surface area contributed by atoms with Crippen LogP contribution in [0.2, 0.25) is 0 Å². The van der Waals surface area contributed by atoms with E-state index in [2.05, 4.69) is 31.2 Å². The molecule has 0 bridgehead atoms. The SMILES string of the molecule is CCCCC/C=C\C/C=C\CCCCCCCC(=O)OCC(C)O. The molecule has 0 saturated heterocycles. The Kier molecular flexibility index (Phi) is 17.4. The summed E-state index contributed by atoms with van der Waals surface area (Å²) in [5.74, 6) is -0.193. The van der Waals surface area contributed by atoms with Crippen LogP contribution in [0.3, 0.4) is 0 Å². The molecule has 0 rings (SSSR count). The van der Waals surface area contributed by atoms with Crippen molar-refractivity contribution >= 4 is 5.97 Å². The van der Waals surface area contributed by atoms with E-state index in [0.29, 0.717) is 6.42 Å². The van der Waals surface area contributed by atoms with Gasteiger partial charge in [0.15, 0.2) is 0 Å². The van der Waals surface area contributed by atoms with Gasteiger partial charge in [0.1, 0.15) is 6.61 Å². The van der Waals surface area contributed by atoms with Crippen LogP contribution in [-0.2, 0) is 9.53 Å². The van der Waals surface area contributed by atoms with Gasteiger partial charge in [0.25, 0.3) is 0 Å². The third kappa shape index (κ3) is 19.0. The third-order valence-corrected chi connectivity index (χ3v) is 3.82. The second-order valence-corrected chi connectivity index (χ2v) is 6.51. The smallest absolute Gasteiger partial charge is 0.305 e. The minimum absolute atomic E-state index is 0.110. The summed E-state index contributed by atoms with van der Waals surface area (Å²) in [7, 11) is 0. The summed E-state index contributed by atoms with van der Waals surface area (Å²) < 4.78 is 4.92. The van der Waals surface area contributed by atoms with Crippen molar-refractivity contribution in [1.29, 1.82) is 0 Å². The standard InChI is InChI=1S/C21H38O3/c1-3-4-5-6-7-8-9-10-11-12-13-14-15-16-17-18-21(23)24-19-20(2)22/h7-8,10-11,20,22H,3-6,9,12-19H2,1-2H3/b8-7-,11-10-. The van der Waals surface area contributed by atoms with Gasteiger partial charge in [-0.15, -0.1) is 0 Å². The summed E-state index contributed by atoms with van der Waals surface area (Å²) in [4.78, 5) is 11.3. The lowest BCUT2D eigenvalue weighted by molar-refractivity contribution is -0.146. The fourth-order valence-electron chi connectivity index (χ4n) is 2.37. The molecule has 1 unspecified atom stereocenters. The Balaban J connectivity index is 3.27. The lowest BCUT2D eigenvalue weighted by atomic mass is 10.1. The fraction of sp³-hybridized carbons (Fsp3) is 0.762. The molecule has 0 aromatic carbocycles. The lowest BCUT2D eigenvalue weighted by Gasteiger charge is -2.06. The van der Waals surface area contributed by atoms with Crippen molar-refractivity contribution in [2.24, 2.45) is 0 Å². The Bertz CT molecular complexity index is 332. The van der Waals surface area contributed by atoms with Crippen molar-refractivity contribution in [3.8, 4) is 0 Å². The number of hydrogen-bond acceptors (Lipinski definition) is 3. The molecule has 0 fully saturated rings. The fourth-order valence-corrected chi connectivity index (χ4v) is 2.37. The Hall–Kier alpha value is -1.09. The predicted molar refractivity (Wildman–Crippen MR) is 102 cm³/mol. The summed E-state index contributed by atoms with van der Waals surface area (Å²) in [5, 5.41) is 9.02. The van der Waals surface area contributed by atoms with Crippen molar-refractivity contribution in [2.45, 2.75) is 97.0 Å². The van der Waals surface area contributed by atoms with Gasteiger partial charge in [-0.2, -0.15) is 0 Å². The molecule has 0 amide bonds. The van der Waals surface area contributed by atoms with Crippen LogP contribution in [0, 0.1) is 0 Å². The van der Waals surface area contributed by atoms with E-state index in [4.69, 9.17) is 9.84 Å². The van der Waals surface area contributed by atoms with Crippen molar-refractivity contribution in [3.05, 3.63) is 24.3 Å². The van der Waals surface area contributed by atoms with Crippen LogP contribution >= 0.6 is 0 Å². The molecule has 0 spiro atoms. The number of aliphatic hydroxyl groups is 1. The molecule has 3 nitrogen and oxygen atoms in total. The second kappa shape index (κ2) is 18.3. The number of ether oxygens (including phenoxy) is 1. The summed E-state index contributed by atoms with van der Waals surface area (Å²) in [6.07, 6.45) is 22.0. The molecule has 0 aliphatic rings. The number of carbonyl (C=O) groups is 1. The first-order valence-electron chi connectivity index (χ1n) is 9.80. The molecule has 24 heavy (non-hydrogen) atoms. The molecule has 0 aliphatic heterocycles. The highest BCUT2D eigenvalue weighted by molar-refractivity contribution is 5.69. The van der Waals surface area contributed by atoms with E-state index in [-0.39, 0.29) is 12.6 Å². The van der Waals surface area contributed by atoms with E-state index in [0.717, 1.165) is 25.7 Å². The molecule has 0 radical (unpaired) electrons. The largest absolute Gasteiger partial charge is 0.463 e. The molecule has 0 heterocycles. The summed E-state index contributed by atoms with van der Waals surface area (Å²) in [6, 6.07) is 0. The maximum absolute atomic E-state index is 11.3. The Morgan fingerprint density at radius 3 is 2.12 bits per heavy atom. The molecular weight excluding hydrogens is 300 g/mol.